The summed E-state index contributed by atoms with van der Waals surface area (Å²) in [5.74, 6) is -0.902. The van der Waals surface area contributed by atoms with Gasteiger partial charge < -0.3 is 5.32 Å². The summed E-state index contributed by atoms with van der Waals surface area (Å²) in [5, 5.41) is 3.05. The summed E-state index contributed by atoms with van der Waals surface area (Å²) in [6, 6.07) is 12.7. The van der Waals surface area contributed by atoms with Crippen molar-refractivity contribution in [3.05, 3.63) is 64.9 Å². The Morgan fingerprint density at radius 2 is 1.92 bits per heavy atom. The van der Waals surface area contributed by atoms with E-state index in [9.17, 15) is 17.6 Å². The van der Waals surface area contributed by atoms with E-state index in [2.05, 4.69) is 5.32 Å². The van der Waals surface area contributed by atoms with Crippen molar-refractivity contribution in [3.8, 4) is 0 Å². The molecule has 0 aliphatic carbocycles. The Kier molecular flexibility index (Phi) is 6.52. The van der Waals surface area contributed by atoms with Crippen LogP contribution in [0.5, 0.6) is 0 Å². The number of carbonyl (C=O) groups excluding carboxylic acids is 1. The third kappa shape index (κ3) is 6.12. The van der Waals surface area contributed by atoms with E-state index in [4.69, 9.17) is 11.6 Å². The smallest absolute Gasteiger partial charge is 0.239 e. The molecule has 0 aromatic heterocycles. The maximum atomic E-state index is 13.7. The van der Waals surface area contributed by atoms with Gasteiger partial charge in [-0.25, -0.2) is 12.8 Å². The molecule has 5 nitrogen and oxygen atoms in total. The summed E-state index contributed by atoms with van der Waals surface area (Å²) in [4.78, 5) is 12.1. The van der Waals surface area contributed by atoms with Gasteiger partial charge in [0.05, 0.1) is 12.8 Å². The SMILES string of the molecule is CS(=O)(=O)N(CCc1ccccc1F)CC(=O)Nc1cccc(Cl)c1. The third-order valence-corrected chi connectivity index (χ3v) is 4.97. The Balaban J connectivity index is 2.03. The number of halogens is 2. The van der Waals surface area contributed by atoms with Crippen molar-refractivity contribution in [2.45, 2.75) is 6.42 Å². The highest BCUT2D eigenvalue weighted by Gasteiger charge is 2.20. The lowest BCUT2D eigenvalue weighted by molar-refractivity contribution is -0.116. The maximum absolute atomic E-state index is 13.7. The van der Waals surface area contributed by atoms with Crippen LogP contribution < -0.4 is 5.32 Å². The van der Waals surface area contributed by atoms with E-state index in [1.54, 1.807) is 42.5 Å². The molecule has 0 fully saturated rings. The first-order valence-corrected chi connectivity index (χ1v) is 9.72. The number of rotatable bonds is 7. The lowest BCUT2D eigenvalue weighted by Gasteiger charge is -2.19. The normalized spacial score (nSPS) is 11.5. The van der Waals surface area contributed by atoms with Gasteiger partial charge in [-0.15, -0.1) is 0 Å². The van der Waals surface area contributed by atoms with E-state index in [0.29, 0.717) is 16.3 Å². The van der Waals surface area contributed by atoms with Gasteiger partial charge in [-0.2, -0.15) is 4.31 Å². The van der Waals surface area contributed by atoms with Crippen LogP contribution in [0.15, 0.2) is 48.5 Å². The Labute approximate surface area is 151 Å². The first-order valence-electron chi connectivity index (χ1n) is 7.49. The van der Waals surface area contributed by atoms with Gasteiger partial charge in [0.25, 0.3) is 0 Å². The van der Waals surface area contributed by atoms with Crippen molar-refractivity contribution < 1.29 is 17.6 Å². The fraction of sp³-hybridized carbons (Fsp3) is 0.235. The molecule has 0 saturated carbocycles. The predicted molar refractivity (Wildman–Crippen MR) is 96.6 cm³/mol. The second-order valence-corrected chi connectivity index (χ2v) is 7.92. The monoisotopic (exact) mass is 384 g/mol. The lowest BCUT2D eigenvalue weighted by Crippen LogP contribution is -2.38. The zero-order valence-electron chi connectivity index (χ0n) is 13.6. The Bertz CT molecular complexity index is 858. The molecule has 8 heteroatoms. The molecule has 0 atom stereocenters. The zero-order valence-corrected chi connectivity index (χ0v) is 15.1. The van der Waals surface area contributed by atoms with Crippen molar-refractivity contribution >= 4 is 33.2 Å². The van der Waals surface area contributed by atoms with E-state index in [-0.39, 0.29) is 19.5 Å². The molecular weight excluding hydrogens is 367 g/mol. The first kappa shape index (κ1) is 19.4. The molecule has 0 spiro atoms. The molecule has 0 aliphatic heterocycles. The van der Waals surface area contributed by atoms with Gasteiger partial charge in [0.1, 0.15) is 5.82 Å². The minimum Gasteiger partial charge on any atom is -0.325 e. The van der Waals surface area contributed by atoms with Crippen LogP contribution >= 0.6 is 11.6 Å². The number of anilines is 1. The average Bonchev–Trinajstić information content (AvgIpc) is 2.51. The first-order chi connectivity index (χ1) is 11.8. The quantitative estimate of drug-likeness (QED) is 0.798. The lowest BCUT2D eigenvalue weighted by atomic mass is 10.1. The Morgan fingerprint density at radius 3 is 2.56 bits per heavy atom. The summed E-state index contributed by atoms with van der Waals surface area (Å²) in [5.41, 5.74) is 0.867. The van der Waals surface area contributed by atoms with Crippen LogP contribution in [0.1, 0.15) is 5.56 Å². The minimum absolute atomic E-state index is 0.00271. The largest absolute Gasteiger partial charge is 0.325 e. The number of nitrogens with zero attached hydrogens (tertiary/aromatic N) is 1. The van der Waals surface area contributed by atoms with Gasteiger partial charge in [-0.3, -0.25) is 4.79 Å². The highest BCUT2D eigenvalue weighted by atomic mass is 35.5. The minimum atomic E-state index is -3.62. The van der Waals surface area contributed by atoms with Crippen LogP contribution in [0, 0.1) is 5.82 Å². The number of carbonyl (C=O) groups is 1. The van der Waals surface area contributed by atoms with E-state index in [1.165, 1.54) is 6.07 Å². The standard InChI is InChI=1S/C17H18ClFN2O3S/c1-25(23,24)21(10-9-13-5-2-3-8-16(13)19)12-17(22)20-15-7-4-6-14(18)11-15/h2-8,11H,9-10,12H2,1H3,(H,20,22). The zero-order chi connectivity index (χ0) is 18.4. The van der Waals surface area contributed by atoms with Gasteiger partial charge >= 0.3 is 0 Å². The van der Waals surface area contributed by atoms with Crippen molar-refractivity contribution in [2.75, 3.05) is 24.7 Å². The second kappa shape index (κ2) is 8.42. The molecule has 0 bridgehead atoms. The number of benzene rings is 2. The predicted octanol–water partition coefficient (Wildman–Crippen LogP) is 2.92. The summed E-state index contributed by atoms with van der Waals surface area (Å²) < 4.78 is 38.5. The molecule has 1 N–H and O–H groups in total. The maximum Gasteiger partial charge on any atom is 0.239 e. The second-order valence-electron chi connectivity index (χ2n) is 5.50. The van der Waals surface area contributed by atoms with Gasteiger partial charge in [0.15, 0.2) is 0 Å². The number of hydrogen-bond donors (Lipinski definition) is 1. The van der Waals surface area contributed by atoms with Crippen LogP contribution in [0.4, 0.5) is 10.1 Å². The fourth-order valence-corrected chi connectivity index (χ4v) is 3.20. The third-order valence-electron chi connectivity index (χ3n) is 3.49. The highest BCUT2D eigenvalue weighted by Crippen LogP contribution is 2.15. The molecule has 0 saturated heterocycles. The molecule has 25 heavy (non-hydrogen) atoms. The van der Waals surface area contributed by atoms with Crippen molar-refractivity contribution in [1.82, 2.24) is 4.31 Å². The molecule has 2 aromatic rings. The topological polar surface area (TPSA) is 66.5 Å². The van der Waals surface area contributed by atoms with Crippen molar-refractivity contribution in [1.29, 1.82) is 0 Å². The number of amides is 1. The van der Waals surface area contributed by atoms with Crippen LogP contribution in [0.2, 0.25) is 5.02 Å². The summed E-state index contributed by atoms with van der Waals surface area (Å²) in [6.07, 6.45) is 1.19. The molecule has 134 valence electrons. The summed E-state index contributed by atoms with van der Waals surface area (Å²) >= 11 is 5.85. The van der Waals surface area contributed by atoms with Gasteiger partial charge in [-0.1, -0.05) is 35.9 Å². The number of sulfonamides is 1. The average molecular weight is 385 g/mol. The van der Waals surface area contributed by atoms with E-state index in [0.717, 1.165) is 10.6 Å². The molecule has 0 aliphatic rings. The molecule has 1 amide bonds. The molecule has 0 heterocycles. The van der Waals surface area contributed by atoms with Gasteiger partial charge in [0, 0.05) is 17.3 Å². The molecule has 2 rings (SSSR count). The number of hydrogen-bond acceptors (Lipinski definition) is 3. The summed E-state index contributed by atoms with van der Waals surface area (Å²) in [7, 11) is -3.62. The number of nitrogens with one attached hydrogen (secondary N) is 1. The van der Waals surface area contributed by atoms with E-state index < -0.39 is 21.7 Å². The highest BCUT2D eigenvalue weighted by molar-refractivity contribution is 7.88. The van der Waals surface area contributed by atoms with Crippen LogP contribution in [-0.4, -0.2) is 38.0 Å². The molecule has 2 aromatic carbocycles. The molecule has 0 radical (unpaired) electrons. The van der Waals surface area contributed by atoms with Crippen LogP contribution in [-0.2, 0) is 21.2 Å². The van der Waals surface area contributed by atoms with Gasteiger partial charge in [-0.05, 0) is 36.2 Å². The van der Waals surface area contributed by atoms with Crippen LogP contribution in [0.3, 0.4) is 0 Å². The van der Waals surface area contributed by atoms with Crippen molar-refractivity contribution in [3.63, 3.8) is 0 Å². The summed E-state index contributed by atoms with van der Waals surface area (Å²) in [6.45, 7) is -0.359. The van der Waals surface area contributed by atoms with Gasteiger partial charge in [0.2, 0.25) is 15.9 Å². The Hall–Kier alpha value is -1.96. The van der Waals surface area contributed by atoms with Crippen LogP contribution in [0.25, 0.3) is 0 Å². The molecular formula is C17H18ClFN2O3S. The fourth-order valence-electron chi connectivity index (χ4n) is 2.24. The van der Waals surface area contributed by atoms with Crippen molar-refractivity contribution in [2.24, 2.45) is 0 Å². The Morgan fingerprint density at radius 1 is 1.20 bits per heavy atom. The van der Waals surface area contributed by atoms with E-state index in [1.807, 2.05) is 0 Å². The molecule has 0 unspecified atom stereocenters. The van der Waals surface area contributed by atoms with E-state index >= 15 is 0 Å².